The van der Waals surface area contributed by atoms with Gasteiger partial charge in [-0.3, -0.25) is 10.1 Å². The molecule has 4 nitrogen and oxygen atoms in total. The largest absolute Gasteiger partial charge is 0.496 e. The molecule has 1 aliphatic rings. The van der Waals surface area contributed by atoms with Gasteiger partial charge < -0.3 is 10.1 Å². The Hall–Kier alpha value is -1.20. The van der Waals surface area contributed by atoms with Gasteiger partial charge in [-0.25, -0.2) is 0 Å². The number of hydrogen-bond donors (Lipinski definition) is 2. The zero-order chi connectivity index (χ0) is 13.0. The fraction of sp³-hybridized carbons (Fsp3) is 0.462. The van der Waals surface area contributed by atoms with E-state index in [4.69, 9.17) is 4.74 Å². The Labute approximate surface area is 111 Å². The van der Waals surface area contributed by atoms with E-state index in [-0.39, 0.29) is 11.9 Å². The molecule has 5 heteroatoms. The van der Waals surface area contributed by atoms with Crippen molar-refractivity contribution in [2.45, 2.75) is 19.4 Å². The van der Waals surface area contributed by atoms with Gasteiger partial charge in [-0.1, -0.05) is 6.92 Å². The zero-order valence-corrected chi connectivity index (χ0v) is 11.5. The van der Waals surface area contributed by atoms with Gasteiger partial charge in [0, 0.05) is 17.3 Å². The molecule has 0 radical (unpaired) electrons. The van der Waals surface area contributed by atoms with Gasteiger partial charge >= 0.3 is 0 Å². The van der Waals surface area contributed by atoms with E-state index in [1.807, 2.05) is 18.2 Å². The van der Waals surface area contributed by atoms with Crippen LogP contribution in [0.5, 0.6) is 5.75 Å². The lowest BCUT2D eigenvalue weighted by atomic mass is 10.1. The first-order chi connectivity index (χ1) is 8.74. The van der Waals surface area contributed by atoms with E-state index in [1.54, 1.807) is 18.9 Å². The van der Waals surface area contributed by atoms with Crippen LogP contribution >= 0.6 is 11.8 Å². The van der Waals surface area contributed by atoms with Crippen LogP contribution in [0.2, 0.25) is 0 Å². The van der Waals surface area contributed by atoms with Crippen LogP contribution in [-0.2, 0) is 11.2 Å². The fourth-order valence-corrected chi connectivity index (χ4v) is 2.87. The summed E-state index contributed by atoms with van der Waals surface area (Å²) in [6.45, 7) is 2.07. The highest BCUT2D eigenvalue weighted by molar-refractivity contribution is 7.99. The predicted molar refractivity (Wildman–Crippen MR) is 75.3 cm³/mol. The molecule has 1 unspecified atom stereocenters. The Kier molecular flexibility index (Phi) is 4.49. The van der Waals surface area contributed by atoms with Crippen LogP contribution in [0.15, 0.2) is 18.2 Å². The molecule has 0 aliphatic carbocycles. The molecular formula is C13H18N2O2S. The SMILES string of the molecule is CCc1cc(NC(=O)C2CSCN2)ccc1OC. The van der Waals surface area contributed by atoms with Gasteiger partial charge in [-0.05, 0) is 30.2 Å². The Morgan fingerprint density at radius 2 is 2.44 bits per heavy atom. The van der Waals surface area contributed by atoms with Crippen molar-refractivity contribution >= 4 is 23.4 Å². The number of carbonyl (C=O) groups excluding carboxylic acids is 1. The minimum Gasteiger partial charge on any atom is -0.496 e. The van der Waals surface area contributed by atoms with E-state index in [1.165, 1.54) is 0 Å². The normalized spacial score (nSPS) is 18.7. The van der Waals surface area contributed by atoms with Crippen LogP contribution in [0.25, 0.3) is 0 Å². The highest BCUT2D eigenvalue weighted by Gasteiger charge is 2.22. The second kappa shape index (κ2) is 6.11. The first kappa shape index (κ1) is 13.2. The summed E-state index contributed by atoms with van der Waals surface area (Å²) in [5, 5.41) is 6.09. The van der Waals surface area contributed by atoms with Crippen molar-refractivity contribution in [2.75, 3.05) is 24.1 Å². The number of ether oxygens (including phenoxy) is 1. The molecule has 0 aromatic heterocycles. The Balaban J connectivity index is 2.06. The highest BCUT2D eigenvalue weighted by atomic mass is 32.2. The van der Waals surface area contributed by atoms with Crippen molar-refractivity contribution in [3.8, 4) is 5.75 Å². The molecule has 18 heavy (non-hydrogen) atoms. The molecule has 1 aromatic rings. The summed E-state index contributed by atoms with van der Waals surface area (Å²) >= 11 is 1.74. The molecule has 1 aliphatic heterocycles. The lowest BCUT2D eigenvalue weighted by Crippen LogP contribution is -2.37. The Morgan fingerprint density at radius 3 is 3.06 bits per heavy atom. The predicted octanol–water partition coefficient (Wildman–Crippen LogP) is 1.86. The average molecular weight is 266 g/mol. The van der Waals surface area contributed by atoms with E-state index in [0.29, 0.717) is 0 Å². The maximum Gasteiger partial charge on any atom is 0.242 e. The molecule has 1 aromatic carbocycles. The number of carbonyl (C=O) groups is 1. The number of thioether (sulfide) groups is 1. The summed E-state index contributed by atoms with van der Waals surface area (Å²) in [5.41, 5.74) is 1.93. The van der Waals surface area contributed by atoms with Crippen molar-refractivity contribution in [2.24, 2.45) is 0 Å². The number of methoxy groups -OCH3 is 1. The molecule has 2 rings (SSSR count). The molecule has 1 heterocycles. The van der Waals surface area contributed by atoms with Gasteiger partial charge in [0.15, 0.2) is 0 Å². The van der Waals surface area contributed by atoms with Gasteiger partial charge in [0.25, 0.3) is 0 Å². The fourth-order valence-electron chi connectivity index (χ4n) is 1.93. The summed E-state index contributed by atoms with van der Waals surface area (Å²) in [6, 6.07) is 5.66. The molecule has 1 saturated heterocycles. The van der Waals surface area contributed by atoms with Gasteiger partial charge in [0.05, 0.1) is 13.2 Å². The van der Waals surface area contributed by atoms with Crippen molar-refractivity contribution in [3.05, 3.63) is 23.8 Å². The molecule has 0 bridgehead atoms. The maximum absolute atomic E-state index is 12.0. The van der Waals surface area contributed by atoms with Crippen molar-refractivity contribution in [1.82, 2.24) is 5.32 Å². The molecule has 1 amide bonds. The lowest BCUT2D eigenvalue weighted by molar-refractivity contribution is -0.117. The molecular weight excluding hydrogens is 248 g/mol. The van der Waals surface area contributed by atoms with Crippen LogP contribution in [-0.4, -0.2) is 30.7 Å². The number of hydrogen-bond acceptors (Lipinski definition) is 4. The third-order valence-electron chi connectivity index (χ3n) is 2.96. The standard InChI is InChI=1S/C13H18N2O2S/c1-3-9-6-10(4-5-12(9)17-2)15-13(16)11-7-18-8-14-11/h4-6,11,14H,3,7-8H2,1-2H3,(H,15,16). The summed E-state index contributed by atoms with van der Waals surface area (Å²) < 4.78 is 5.27. The van der Waals surface area contributed by atoms with Crippen LogP contribution in [0, 0.1) is 0 Å². The van der Waals surface area contributed by atoms with Crippen LogP contribution in [0.1, 0.15) is 12.5 Å². The molecule has 2 N–H and O–H groups in total. The van der Waals surface area contributed by atoms with E-state index in [2.05, 4.69) is 17.6 Å². The monoisotopic (exact) mass is 266 g/mol. The number of amides is 1. The van der Waals surface area contributed by atoms with E-state index in [0.717, 1.165) is 35.1 Å². The minimum absolute atomic E-state index is 0.0345. The number of rotatable bonds is 4. The highest BCUT2D eigenvalue weighted by Crippen LogP contribution is 2.23. The summed E-state index contributed by atoms with van der Waals surface area (Å²) in [7, 11) is 1.66. The first-order valence-corrected chi connectivity index (χ1v) is 7.19. The van der Waals surface area contributed by atoms with E-state index >= 15 is 0 Å². The summed E-state index contributed by atoms with van der Waals surface area (Å²) in [4.78, 5) is 12.0. The molecule has 1 atom stereocenters. The van der Waals surface area contributed by atoms with Crippen LogP contribution in [0.3, 0.4) is 0 Å². The Bertz CT molecular complexity index is 431. The van der Waals surface area contributed by atoms with Crippen molar-refractivity contribution in [3.63, 3.8) is 0 Å². The van der Waals surface area contributed by atoms with Gasteiger partial charge in [-0.2, -0.15) is 0 Å². The topological polar surface area (TPSA) is 50.4 Å². The maximum atomic E-state index is 12.0. The summed E-state index contributed by atoms with van der Waals surface area (Å²) in [5.74, 6) is 2.58. The smallest absolute Gasteiger partial charge is 0.242 e. The van der Waals surface area contributed by atoms with Crippen molar-refractivity contribution < 1.29 is 9.53 Å². The van der Waals surface area contributed by atoms with E-state index in [9.17, 15) is 4.79 Å². The van der Waals surface area contributed by atoms with Gasteiger partial charge in [0.2, 0.25) is 5.91 Å². The lowest BCUT2D eigenvalue weighted by Gasteiger charge is -2.13. The average Bonchev–Trinajstić information content (AvgIpc) is 2.92. The minimum atomic E-state index is -0.0813. The number of nitrogens with one attached hydrogen (secondary N) is 2. The quantitative estimate of drug-likeness (QED) is 0.873. The first-order valence-electron chi connectivity index (χ1n) is 6.03. The van der Waals surface area contributed by atoms with Gasteiger partial charge in [-0.15, -0.1) is 11.8 Å². The third kappa shape index (κ3) is 2.97. The van der Waals surface area contributed by atoms with Crippen molar-refractivity contribution in [1.29, 1.82) is 0 Å². The van der Waals surface area contributed by atoms with Crippen LogP contribution < -0.4 is 15.4 Å². The molecule has 0 saturated carbocycles. The molecule has 0 spiro atoms. The van der Waals surface area contributed by atoms with E-state index < -0.39 is 0 Å². The number of anilines is 1. The zero-order valence-electron chi connectivity index (χ0n) is 10.7. The number of benzene rings is 1. The van der Waals surface area contributed by atoms with Crippen LogP contribution in [0.4, 0.5) is 5.69 Å². The summed E-state index contributed by atoms with van der Waals surface area (Å²) in [6.07, 6.45) is 0.879. The second-order valence-corrected chi connectivity index (χ2v) is 5.17. The number of aryl methyl sites for hydroxylation is 1. The van der Waals surface area contributed by atoms with Gasteiger partial charge in [0.1, 0.15) is 5.75 Å². The molecule has 1 fully saturated rings. The Morgan fingerprint density at radius 1 is 1.61 bits per heavy atom. The molecule has 98 valence electrons. The third-order valence-corrected chi connectivity index (χ3v) is 3.90. The second-order valence-electron chi connectivity index (χ2n) is 4.14.